The highest BCUT2D eigenvalue weighted by atomic mass is 19.1. The number of benzene rings is 2. The maximum absolute atomic E-state index is 13.0. The van der Waals surface area contributed by atoms with Gasteiger partial charge >= 0.3 is 6.03 Å². The van der Waals surface area contributed by atoms with Crippen molar-refractivity contribution < 1.29 is 14.3 Å². The molecule has 1 atom stereocenters. The van der Waals surface area contributed by atoms with Crippen LogP contribution < -0.4 is 10.6 Å². The second-order valence-corrected chi connectivity index (χ2v) is 4.68. The summed E-state index contributed by atoms with van der Waals surface area (Å²) in [6, 6.07) is 14.3. The van der Waals surface area contributed by atoms with Crippen LogP contribution in [-0.4, -0.2) is 23.8 Å². The Bertz CT molecular complexity index is 590. The fourth-order valence-electron chi connectivity index (χ4n) is 1.98. The largest absolute Gasteiger partial charge is 0.394 e. The fraction of sp³-hybridized carbons (Fsp3) is 0.188. The number of hydrogen-bond donors (Lipinski definition) is 3. The Balaban J connectivity index is 1.90. The van der Waals surface area contributed by atoms with E-state index in [0.29, 0.717) is 12.1 Å². The van der Waals surface area contributed by atoms with Gasteiger partial charge in [-0.05, 0) is 30.2 Å². The summed E-state index contributed by atoms with van der Waals surface area (Å²) in [6.07, 6.45) is 0.522. The van der Waals surface area contributed by atoms with Gasteiger partial charge in [-0.15, -0.1) is 0 Å². The SMILES string of the molecule is O=C(Nc1cccc(F)c1)NC(CO)Cc1ccccc1. The fourth-order valence-corrected chi connectivity index (χ4v) is 1.98. The normalized spacial score (nSPS) is 11.7. The Morgan fingerprint density at radius 1 is 1.14 bits per heavy atom. The first-order valence-corrected chi connectivity index (χ1v) is 6.65. The van der Waals surface area contributed by atoms with Crippen LogP contribution in [0.4, 0.5) is 14.9 Å². The van der Waals surface area contributed by atoms with Gasteiger partial charge in [0.25, 0.3) is 0 Å². The standard InChI is InChI=1S/C16H17FN2O2/c17-13-7-4-8-14(10-13)18-16(21)19-15(11-20)9-12-5-2-1-3-6-12/h1-8,10,15,20H,9,11H2,(H2,18,19,21). The van der Waals surface area contributed by atoms with Crippen LogP contribution in [0.1, 0.15) is 5.56 Å². The van der Waals surface area contributed by atoms with E-state index in [-0.39, 0.29) is 6.61 Å². The lowest BCUT2D eigenvalue weighted by molar-refractivity contribution is 0.224. The number of hydrogen-bond acceptors (Lipinski definition) is 2. The molecule has 2 rings (SSSR count). The van der Waals surface area contributed by atoms with Gasteiger partial charge in [0, 0.05) is 5.69 Å². The van der Waals surface area contributed by atoms with Gasteiger partial charge in [-0.3, -0.25) is 0 Å². The lowest BCUT2D eigenvalue weighted by Gasteiger charge is -2.17. The molecule has 0 fully saturated rings. The highest BCUT2D eigenvalue weighted by Gasteiger charge is 2.12. The molecule has 0 aromatic heterocycles. The quantitative estimate of drug-likeness (QED) is 0.792. The van der Waals surface area contributed by atoms with Crippen LogP contribution in [0.5, 0.6) is 0 Å². The molecular weight excluding hydrogens is 271 g/mol. The lowest BCUT2D eigenvalue weighted by atomic mass is 10.1. The predicted octanol–water partition coefficient (Wildman–Crippen LogP) is 2.55. The van der Waals surface area contributed by atoms with Crippen molar-refractivity contribution in [2.45, 2.75) is 12.5 Å². The number of aliphatic hydroxyl groups excluding tert-OH is 1. The number of amides is 2. The van der Waals surface area contributed by atoms with Crippen molar-refractivity contribution >= 4 is 11.7 Å². The molecule has 0 bridgehead atoms. The molecule has 4 nitrogen and oxygen atoms in total. The van der Waals surface area contributed by atoms with Gasteiger partial charge in [0.15, 0.2) is 0 Å². The van der Waals surface area contributed by atoms with Crippen LogP contribution in [0, 0.1) is 5.82 Å². The first kappa shape index (κ1) is 15.0. The third kappa shape index (κ3) is 4.89. The van der Waals surface area contributed by atoms with Gasteiger partial charge in [0.05, 0.1) is 12.6 Å². The minimum Gasteiger partial charge on any atom is -0.394 e. The van der Waals surface area contributed by atoms with Crippen molar-refractivity contribution in [1.82, 2.24) is 5.32 Å². The monoisotopic (exact) mass is 288 g/mol. The number of anilines is 1. The van der Waals surface area contributed by atoms with E-state index in [1.165, 1.54) is 18.2 Å². The van der Waals surface area contributed by atoms with Crippen LogP contribution in [0.15, 0.2) is 54.6 Å². The van der Waals surface area contributed by atoms with Gasteiger partial charge < -0.3 is 15.7 Å². The van der Waals surface area contributed by atoms with Crippen molar-refractivity contribution in [3.05, 3.63) is 66.0 Å². The Kier molecular flexibility index (Phi) is 5.29. The zero-order chi connectivity index (χ0) is 15.1. The maximum Gasteiger partial charge on any atom is 0.319 e. The number of carbonyl (C=O) groups is 1. The van der Waals surface area contributed by atoms with Crippen LogP contribution in [-0.2, 0) is 6.42 Å². The minimum atomic E-state index is -0.476. The van der Waals surface area contributed by atoms with Crippen molar-refractivity contribution in [3.63, 3.8) is 0 Å². The number of rotatable bonds is 5. The van der Waals surface area contributed by atoms with Gasteiger partial charge in [-0.25, -0.2) is 9.18 Å². The third-order valence-corrected chi connectivity index (χ3v) is 2.96. The highest BCUT2D eigenvalue weighted by molar-refractivity contribution is 5.89. The molecule has 0 saturated heterocycles. The van der Waals surface area contributed by atoms with E-state index in [9.17, 15) is 14.3 Å². The summed E-state index contributed by atoms with van der Waals surface area (Å²) in [4.78, 5) is 11.8. The number of urea groups is 1. The second kappa shape index (κ2) is 7.40. The van der Waals surface area contributed by atoms with Crippen LogP contribution in [0.25, 0.3) is 0 Å². The highest BCUT2D eigenvalue weighted by Crippen LogP contribution is 2.09. The summed E-state index contributed by atoms with van der Waals surface area (Å²) in [5, 5.41) is 14.5. The summed E-state index contributed by atoms with van der Waals surface area (Å²) < 4.78 is 13.0. The minimum absolute atomic E-state index is 0.175. The van der Waals surface area contributed by atoms with E-state index in [2.05, 4.69) is 10.6 Å². The smallest absolute Gasteiger partial charge is 0.319 e. The molecular formula is C16H17FN2O2. The van der Waals surface area contributed by atoms with Crippen molar-refractivity contribution in [1.29, 1.82) is 0 Å². The van der Waals surface area contributed by atoms with Crippen LogP contribution >= 0.6 is 0 Å². The Labute approximate surface area is 122 Å². The van der Waals surface area contributed by atoms with Gasteiger partial charge in [-0.1, -0.05) is 36.4 Å². The first-order chi connectivity index (χ1) is 10.2. The molecule has 0 aliphatic carbocycles. The van der Waals surface area contributed by atoms with E-state index in [1.54, 1.807) is 6.07 Å². The molecule has 3 N–H and O–H groups in total. The molecule has 0 heterocycles. The number of nitrogens with one attached hydrogen (secondary N) is 2. The molecule has 110 valence electrons. The first-order valence-electron chi connectivity index (χ1n) is 6.65. The van der Waals surface area contributed by atoms with Crippen LogP contribution in [0.2, 0.25) is 0 Å². The van der Waals surface area contributed by atoms with E-state index < -0.39 is 17.9 Å². The average molecular weight is 288 g/mol. The van der Waals surface area contributed by atoms with Crippen molar-refractivity contribution in [2.75, 3.05) is 11.9 Å². The number of halogens is 1. The van der Waals surface area contributed by atoms with E-state index >= 15 is 0 Å². The molecule has 0 radical (unpaired) electrons. The van der Waals surface area contributed by atoms with E-state index in [0.717, 1.165) is 5.56 Å². The Morgan fingerprint density at radius 3 is 2.57 bits per heavy atom. The van der Waals surface area contributed by atoms with E-state index in [4.69, 9.17) is 0 Å². The Hall–Kier alpha value is -2.40. The molecule has 1 unspecified atom stereocenters. The molecule has 2 aromatic rings. The summed E-state index contributed by atoms with van der Waals surface area (Å²) >= 11 is 0. The summed E-state index contributed by atoms with van der Waals surface area (Å²) in [5.41, 5.74) is 1.38. The van der Waals surface area contributed by atoms with Gasteiger partial charge in [-0.2, -0.15) is 0 Å². The molecule has 5 heteroatoms. The predicted molar refractivity (Wildman–Crippen MR) is 79.6 cm³/mol. The number of carbonyl (C=O) groups excluding carboxylic acids is 1. The molecule has 2 amide bonds. The average Bonchev–Trinajstić information content (AvgIpc) is 2.47. The topological polar surface area (TPSA) is 61.4 Å². The Morgan fingerprint density at radius 2 is 1.90 bits per heavy atom. The van der Waals surface area contributed by atoms with E-state index in [1.807, 2.05) is 30.3 Å². The summed E-state index contributed by atoms with van der Waals surface area (Å²) in [5.74, 6) is -0.421. The lowest BCUT2D eigenvalue weighted by Crippen LogP contribution is -2.41. The van der Waals surface area contributed by atoms with Crippen molar-refractivity contribution in [3.8, 4) is 0 Å². The second-order valence-electron chi connectivity index (χ2n) is 4.68. The zero-order valence-corrected chi connectivity index (χ0v) is 11.4. The molecule has 0 spiro atoms. The molecule has 0 aliphatic heterocycles. The summed E-state index contributed by atoms with van der Waals surface area (Å²) in [6.45, 7) is -0.175. The van der Waals surface area contributed by atoms with Gasteiger partial charge in [0.1, 0.15) is 5.82 Å². The maximum atomic E-state index is 13.0. The van der Waals surface area contributed by atoms with Gasteiger partial charge in [0.2, 0.25) is 0 Å². The van der Waals surface area contributed by atoms with Crippen LogP contribution in [0.3, 0.4) is 0 Å². The zero-order valence-electron chi connectivity index (χ0n) is 11.4. The molecule has 0 saturated carbocycles. The molecule has 0 aliphatic rings. The number of aliphatic hydroxyl groups is 1. The molecule has 21 heavy (non-hydrogen) atoms. The summed E-state index contributed by atoms with van der Waals surface area (Å²) in [7, 11) is 0. The molecule has 2 aromatic carbocycles. The van der Waals surface area contributed by atoms with Crippen molar-refractivity contribution in [2.24, 2.45) is 0 Å². The third-order valence-electron chi connectivity index (χ3n) is 2.96.